The lowest BCUT2D eigenvalue weighted by atomic mass is 9.98. The summed E-state index contributed by atoms with van der Waals surface area (Å²) in [5.74, 6) is -2.26. The third-order valence-corrected chi connectivity index (χ3v) is 7.52. The van der Waals surface area contributed by atoms with Crippen LogP contribution in [0.4, 0.5) is 0 Å². The number of ether oxygens (including phenoxy) is 1. The van der Waals surface area contributed by atoms with Crippen molar-refractivity contribution in [3.8, 4) is 0 Å². The molecule has 5 amide bonds. The highest BCUT2D eigenvalue weighted by molar-refractivity contribution is 5.95. The van der Waals surface area contributed by atoms with Gasteiger partial charge in [0.2, 0.25) is 29.5 Å². The summed E-state index contributed by atoms with van der Waals surface area (Å²) in [5.41, 5.74) is 0.864. The molecule has 0 radical (unpaired) electrons. The van der Waals surface area contributed by atoms with Gasteiger partial charge < -0.3 is 30.9 Å². The molecule has 0 aromatic heterocycles. The van der Waals surface area contributed by atoms with Crippen LogP contribution < -0.4 is 21.3 Å². The number of nitrogens with zero attached hydrogens (tertiary/aromatic N) is 1. The van der Waals surface area contributed by atoms with Crippen LogP contribution in [0.15, 0.2) is 30.3 Å². The van der Waals surface area contributed by atoms with Crippen molar-refractivity contribution < 1.29 is 28.7 Å². The van der Waals surface area contributed by atoms with Crippen molar-refractivity contribution in [3.63, 3.8) is 0 Å². The molecular weight excluding hydrogens is 526 g/mol. The largest absolute Gasteiger partial charge is 0.381 e. The third kappa shape index (κ3) is 9.84. The Balaban J connectivity index is 1.93. The molecule has 2 fully saturated rings. The summed E-state index contributed by atoms with van der Waals surface area (Å²) in [6, 6.07) is 6.17. The summed E-state index contributed by atoms with van der Waals surface area (Å²) in [6.07, 6.45) is 2.22. The van der Waals surface area contributed by atoms with E-state index in [1.807, 2.05) is 51.1 Å². The van der Waals surface area contributed by atoms with Crippen molar-refractivity contribution in [1.29, 1.82) is 0 Å². The number of nitrogens with one attached hydrogen (secondary N) is 4. The zero-order chi connectivity index (χ0) is 29.9. The Kier molecular flexibility index (Phi) is 12.1. The molecule has 0 bridgehead atoms. The van der Waals surface area contributed by atoms with Gasteiger partial charge in [-0.25, -0.2) is 0 Å². The topological polar surface area (TPSA) is 146 Å². The zero-order valence-electron chi connectivity index (χ0n) is 24.6. The van der Waals surface area contributed by atoms with Crippen LogP contribution in [0, 0.1) is 11.8 Å². The number of benzene rings is 1. The number of carbonyl (C=O) groups is 5. The maximum absolute atomic E-state index is 13.6. The quantitative estimate of drug-likeness (QED) is 0.399. The predicted molar refractivity (Wildman–Crippen MR) is 153 cm³/mol. The molecule has 2 aliphatic rings. The smallest absolute Gasteiger partial charge is 0.243 e. The third-order valence-electron chi connectivity index (χ3n) is 7.52. The average Bonchev–Trinajstić information content (AvgIpc) is 2.95. The minimum atomic E-state index is -0.933. The molecule has 4 N–H and O–H groups in total. The highest BCUT2D eigenvalue weighted by atomic mass is 16.5. The first-order valence-corrected chi connectivity index (χ1v) is 14.7. The molecule has 2 aliphatic heterocycles. The predicted octanol–water partition coefficient (Wildman–Crippen LogP) is 0.913. The molecule has 4 atom stereocenters. The van der Waals surface area contributed by atoms with Gasteiger partial charge in [-0.1, -0.05) is 51.1 Å². The fourth-order valence-electron chi connectivity index (χ4n) is 5.14. The van der Waals surface area contributed by atoms with Crippen LogP contribution >= 0.6 is 0 Å². The first kappa shape index (κ1) is 32.0. The van der Waals surface area contributed by atoms with Crippen molar-refractivity contribution in [1.82, 2.24) is 26.2 Å². The molecule has 1 aromatic rings. The molecule has 41 heavy (non-hydrogen) atoms. The van der Waals surface area contributed by atoms with Crippen molar-refractivity contribution in [2.45, 2.75) is 84.0 Å². The molecule has 0 saturated carbocycles. The zero-order valence-corrected chi connectivity index (χ0v) is 24.6. The Hall–Kier alpha value is -3.47. The lowest BCUT2D eigenvalue weighted by molar-refractivity contribution is -0.143. The van der Waals surface area contributed by atoms with Gasteiger partial charge in [-0.3, -0.25) is 24.0 Å². The van der Waals surface area contributed by atoms with Gasteiger partial charge in [0.1, 0.15) is 18.1 Å². The molecule has 2 heterocycles. The number of hydrogen-bond acceptors (Lipinski definition) is 6. The van der Waals surface area contributed by atoms with Crippen LogP contribution in [0.25, 0.3) is 0 Å². The highest BCUT2D eigenvalue weighted by Gasteiger charge is 2.33. The maximum Gasteiger partial charge on any atom is 0.243 e. The second-order valence-electron chi connectivity index (χ2n) is 11.4. The SMILES string of the molecule is CC[C@H]1CN(C(=O)C2CCOCC2)CC(=O)N[C@H](C)C(=O)N[C@@H](CC(C)C)C(=O)N[C@@H](Cc2ccccc2)C(=O)N1. The fourth-order valence-corrected chi connectivity index (χ4v) is 5.14. The van der Waals surface area contributed by atoms with E-state index in [1.54, 1.807) is 6.92 Å². The van der Waals surface area contributed by atoms with Crippen LogP contribution in [0.1, 0.15) is 58.9 Å². The van der Waals surface area contributed by atoms with Crippen molar-refractivity contribution in [2.75, 3.05) is 26.3 Å². The minimum Gasteiger partial charge on any atom is -0.381 e. The summed E-state index contributed by atoms with van der Waals surface area (Å²) in [7, 11) is 0. The standard InChI is InChI=1S/C30H45N5O6/c1-5-23-17-35(30(40)22-11-13-41-14-12-22)18-26(36)31-20(4)27(37)33-24(15-19(2)3)29(39)34-25(28(38)32-23)16-21-9-7-6-8-10-21/h6-10,19-20,22-25H,5,11-18H2,1-4H3,(H,31,36)(H,32,38)(H,33,37)(H,34,39)/t20-,23+,24+,25+/m1/s1. The first-order valence-electron chi connectivity index (χ1n) is 14.7. The summed E-state index contributed by atoms with van der Waals surface area (Å²) >= 11 is 0. The summed E-state index contributed by atoms with van der Waals surface area (Å²) in [4.78, 5) is 68.2. The van der Waals surface area contributed by atoms with Crippen LogP contribution in [0.5, 0.6) is 0 Å². The van der Waals surface area contributed by atoms with Crippen LogP contribution in [0.3, 0.4) is 0 Å². The Labute approximate surface area is 242 Å². The molecule has 226 valence electrons. The molecular formula is C30H45N5O6. The fraction of sp³-hybridized carbons (Fsp3) is 0.633. The van der Waals surface area contributed by atoms with Crippen molar-refractivity contribution in [3.05, 3.63) is 35.9 Å². The Morgan fingerprint density at radius 3 is 2.20 bits per heavy atom. The van der Waals surface area contributed by atoms with Gasteiger partial charge in [-0.05, 0) is 44.1 Å². The van der Waals surface area contributed by atoms with Crippen LogP contribution in [-0.2, 0) is 35.1 Å². The van der Waals surface area contributed by atoms with E-state index >= 15 is 0 Å². The van der Waals surface area contributed by atoms with E-state index < -0.39 is 47.8 Å². The minimum absolute atomic E-state index is 0.0775. The molecule has 11 nitrogen and oxygen atoms in total. The molecule has 3 rings (SSSR count). The van der Waals surface area contributed by atoms with Gasteiger partial charge in [-0.15, -0.1) is 0 Å². The Morgan fingerprint density at radius 2 is 1.56 bits per heavy atom. The van der Waals surface area contributed by atoms with Crippen LogP contribution in [0.2, 0.25) is 0 Å². The van der Waals surface area contributed by atoms with E-state index in [9.17, 15) is 24.0 Å². The Bertz CT molecular complexity index is 1060. The highest BCUT2D eigenvalue weighted by Crippen LogP contribution is 2.18. The lowest BCUT2D eigenvalue weighted by Gasteiger charge is -2.32. The molecule has 0 spiro atoms. The maximum atomic E-state index is 13.6. The number of hydrogen-bond donors (Lipinski definition) is 4. The summed E-state index contributed by atoms with van der Waals surface area (Å²) < 4.78 is 5.41. The molecule has 2 saturated heterocycles. The van der Waals surface area contributed by atoms with Gasteiger partial charge in [-0.2, -0.15) is 0 Å². The second-order valence-corrected chi connectivity index (χ2v) is 11.4. The number of amides is 5. The molecule has 1 aromatic carbocycles. The summed E-state index contributed by atoms with van der Waals surface area (Å²) in [6.45, 7) is 8.12. The van der Waals surface area contributed by atoms with E-state index in [1.165, 1.54) is 4.90 Å². The van der Waals surface area contributed by atoms with E-state index in [-0.39, 0.29) is 37.3 Å². The van der Waals surface area contributed by atoms with Gasteiger partial charge in [0.15, 0.2) is 0 Å². The van der Waals surface area contributed by atoms with Gasteiger partial charge in [0.25, 0.3) is 0 Å². The van der Waals surface area contributed by atoms with Crippen molar-refractivity contribution in [2.24, 2.45) is 11.8 Å². The summed E-state index contributed by atoms with van der Waals surface area (Å²) in [5, 5.41) is 11.3. The lowest BCUT2D eigenvalue weighted by Crippen LogP contribution is -2.57. The first-order chi connectivity index (χ1) is 19.6. The van der Waals surface area contributed by atoms with Gasteiger partial charge in [0, 0.05) is 38.1 Å². The monoisotopic (exact) mass is 571 g/mol. The average molecular weight is 572 g/mol. The van der Waals surface area contributed by atoms with Crippen molar-refractivity contribution >= 4 is 29.5 Å². The number of rotatable bonds is 6. The molecule has 0 unspecified atom stereocenters. The normalized spacial score (nSPS) is 25.8. The van der Waals surface area contributed by atoms with E-state index in [0.29, 0.717) is 38.9 Å². The molecule has 11 heteroatoms. The number of carbonyl (C=O) groups excluding carboxylic acids is 5. The Morgan fingerprint density at radius 1 is 0.927 bits per heavy atom. The second kappa shape index (κ2) is 15.5. The van der Waals surface area contributed by atoms with Crippen LogP contribution in [-0.4, -0.2) is 84.9 Å². The van der Waals surface area contributed by atoms with Gasteiger partial charge >= 0.3 is 0 Å². The van der Waals surface area contributed by atoms with E-state index in [4.69, 9.17) is 4.74 Å². The van der Waals surface area contributed by atoms with E-state index in [2.05, 4.69) is 21.3 Å². The van der Waals surface area contributed by atoms with Gasteiger partial charge in [0.05, 0.1) is 6.54 Å². The molecule has 0 aliphatic carbocycles. The van der Waals surface area contributed by atoms with E-state index in [0.717, 1.165) is 5.56 Å².